The van der Waals surface area contributed by atoms with Crippen LogP contribution in [0.5, 0.6) is 6.01 Å². The van der Waals surface area contributed by atoms with Crippen LogP contribution >= 0.6 is 0 Å². The molecule has 6 rings (SSSR count). The third-order valence-corrected chi connectivity index (χ3v) is 9.63. The molecule has 2 aliphatic heterocycles. The van der Waals surface area contributed by atoms with Crippen molar-refractivity contribution in [2.75, 3.05) is 63.2 Å². The molecular weight excluding hydrogens is 550 g/mol. The van der Waals surface area contributed by atoms with E-state index in [0.717, 1.165) is 36.5 Å². The molecule has 1 amide bonds. The number of benzene rings is 2. The van der Waals surface area contributed by atoms with Crippen molar-refractivity contribution in [1.29, 1.82) is 0 Å². The minimum atomic E-state index is -0.222. The highest BCUT2D eigenvalue weighted by molar-refractivity contribution is 5.94. The van der Waals surface area contributed by atoms with E-state index < -0.39 is 0 Å². The Bertz CT molecular complexity index is 1540. The minimum absolute atomic E-state index is 0.124. The molecule has 1 saturated carbocycles. The molecule has 2 aromatic carbocycles. The zero-order chi connectivity index (χ0) is 30.6. The predicted molar refractivity (Wildman–Crippen MR) is 175 cm³/mol. The van der Waals surface area contributed by atoms with E-state index in [9.17, 15) is 4.79 Å². The van der Waals surface area contributed by atoms with Crippen LogP contribution in [0.15, 0.2) is 55.1 Å². The van der Waals surface area contributed by atoms with Crippen molar-refractivity contribution in [2.24, 2.45) is 5.92 Å². The molecule has 0 spiro atoms. The van der Waals surface area contributed by atoms with E-state index in [-0.39, 0.29) is 18.5 Å². The van der Waals surface area contributed by atoms with Gasteiger partial charge in [0.2, 0.25) is 12.5 Å². The van der Waals surface area contributed by atoms with Crippen LogP contribution in [0, 0.1) is 12.5 Å². The van der Waals surface area contributed by atoms with Crippen molar-refractivity contribution < 1.29 is 9.53 Å². The van der Waals surface area contributed by atoms with E-state index in [0.29, 0.717) is 50.8 Å². The van der Waals surface area contributed by atoms with Crippen LogP contribution in [-0.4, -0.2) is 91.2 Å². The smallest absolute Gasteiger partial charge is 0.318 e. The zero-order valence-electron chi connectivity index (χ0n) is 26.0. The minimum Gasteiger partial charge on any atom is -0.463 e. The summed E-state index contributed by atoms with van der Waals surface area (Å²) in [7, 11) is 4.32. The van der Waals surface area contributed by atoms with Crippen LogP contribution in [0.4, 0.5) is 11.5 Å². The van der Waals surface area contributed by atoms with Crippen LogP contribution in [0.3, 0.4) is 0 Å². The van der Waals surface area contributed by atoms with E-state index in [4.69, 9.17) is 21.3 Å². The Hall–Kier alpha value is -4.16. The van der Waals surface area contributed by atoms with Gasteiger partial charge >= 0.3 is 6.01 Å². The molecule has 3 aliphatic rings. The van der Waals surface area contributed by atoms with Gasteiger partial charge in [0.25, 0.3) is 0 Å². The normalized spacial score (nSPS) is 22.0. The van der Waals surface area contributed by atoms with Gasteiger partial charge in [-0.1, -0.05) is 55.8 Å². The van der Waals surface area contributed by atoms with Crippen LogP contribution in [0.1, 0.15) is 36.9 Å². The maximum Gasteiger partial charge on any atom is 0.318 e. The van der Waals surface area contributed by atoms with Gasteiger partial charge in [0.1, 0.15) is 11.9 Å². The Morgan fingerprint density at radius 2 is 1.91 bits per heavy atom. The molecule has 0 radical (unpaired) electrons. The second-order valence-electron chi connectivity index (χ2n) is 12.5. The Kier molecular flexibility index (Phi) is 8.99. The number of piperazine rings is 1. The number of anilines is 2. The summed E-state index contributed by atoms with van der Waals surface area (Å²) >= 11 is 0. The van der Waals surface area contributed by atoms with Crippen LogP contribution in [-0.2, 0) is 17.8 Å². The molecule has 3 atom stereocenters. The summed E-state index contributed by atoms with van der Waals surface area (Å²) < 4.78 is 6.47. The number of carbonyl (C=O) groups is 1. The SMILES string of the molecule is [C-]#[N+]C[C@H]1CN(c2nc(OCC3CCCCC3N(C)C)nc3c2CCN(c2cccc4ccccc24)C3)CCN1C(=O)C=C. The first-order chi connectivity index (χ1) is 21.5. The summed E-state index contributed by atoms with van der Waals surface area (Å²) in [5.41, 5.74) is 3.34. The summed E-state index contributed by atoms with van der Waals surface area (Å²) in [6.45, 7) is 15.3. The summed E-state index contributed by atoms with van der Waals surface area (Å²) in [5.74, 6) is 1.20. The second kappa shape index (κ2) is 13.2. The lowest BCUT2D eigenvalue weighted by Crippen LogP contribution is -2.56. The number of fused-ring (bicyclic) bond motifs is 2. The van der Waals surface area contributed by atoms with Gasteiger partial charge in [0.05, 0.1) is 18.8 Å². The molecule has 0 bridgehead atoms. The molecule has 3 aromatic rings. The summed E-state index contributed by atoms with van der Waals surface area (Å²) in [4.78, 5) is 35.1. The van der Waals surface area contributed by atoms with Crippen molar-refractivity contribution >= 4 is 28.2 Å². The van der Waals surface area contributed by atoms with Gasteiger partial charge in [-0.25, -0.2) is 6.57 Å². The fourth-order valence-corrected chi connectivity index (χ4v) is 7.36. The molecule has 1 aromatic heterocycles. The second-order valence-corrected chi connectivity index (χ2v) is 12.5. The number of hydrogen-bond donors (Lipinski definition) is 0. The number of ether oxygens (including phenoxy) is 1. The number of hydrogen-bond acceptors (Lipinski definition) is 7. The quantitative estimate of drug-likeness (QED) is 0.274. The summed E-state index contributed by atoms with van der Waals surface area (Å²) in [5, 5.41) is 2.46. The van der Waals surface area contributed by atoms with Crippen molar-refractivity contribution in [3.8, 4) is 6.01 Å². The molecule has 1 aliphatic carbocycles. The number of carbonyl (C=O) groups excluding carboxylic acids is 1. The Balaban J connectivity index is 1.32. The van der Waals surface area contributed by atoms with Crippen molar-refractivity contribution in [1.82, 2.24) is 19.8 Å². The van der Waals surface area contributed by atoms with E-state index in [1.54, 1.807) is 4.90 Å². The summed E-state index contributed by atoms with van der Waals surface area (Å²) in [6, 6.07) is 15.7. The average Bonchev–Trinajstić information content (AvgIpc) is 3.06. The van der Waals surface area contributed by atoms with Crippen molar-refractivity contribution in [2.45, 2.75) is 50.7 Å². The molecule has 44 heavy (non-hydrogen) atoms. The fraction of sp³-hybridized carbons (Fsp3) is 0.486. The van der Waals surface area contributed by atoms with Gasteiger partial charge in [0.15, 0.2) is 0 Å². The maximum atomic E-state index is 12.6. The lowest BCUT2D eigenvalue weighted by Gasteiger charge is -2.41. The largest absolute Gasteiger partial charge is 0.463 e. The highest BCUT2D eigenvalue weighted by atomic mass is 16.5. The predicted octanol–water partition coefficient (Wildman–Crippen LogP) is 4.81. The van der Waals surface area contributed by atoms with E-state index >= 15 is 0 Å². The summed E-state index contributed by atoms with van der Waals surface area (Å²) in [6.07, 6.45) is 6.97. The van der Waals surface area contributed by atoms with Gasteiger partial charge in [0, 0.05) is 54.8 Å². The molecular formula is C35H43N7O2. The molecule has 9 nitrogen and oxygen atoms in total. The highest BCUT2D eigenvalue weighted by Crippen LogP contribution is 2.35. The van der Waals surface area contributed by atoms with Gasteiger partial charge in [-0.15, -0.1) is 0 Å². The van der Waals surface area contributed by atoms with Gasteiger partial charge in [-0.3, -0.25) is 4.79 Å². The van der Waals surface area contributed by atoms with E-state index in [1.165, 1.54) is 41.8 Å². The monoisotopic (exact) mass is 593 g/mol. The third-order valence-electron chi connectivity index (χ3n) is 9.63. The van der Waals surface area contributed by atoms with Crippen LogP contribution < -0.4 is 14.5 Å². The van der Waals surface area contributed by atoms with Crippen LogP contribution in [0.25, 0.3) is 15.6 Å². The topological polar surface area (TPSA) is 69.4 Å². The standard InChI is InChI=1S/C35H43N7O2/c1-5-33(43)42-20-19-41(22-27(42)21-36-2)34-29-17-18-40(32-16-10-13-25-11-6-8-14-28(25)32)23-30(29)37-35(38-34)44-24-26-12-7-9-15-31(26)39(3)4/h5-6,8,10-11,13-14,16,26-27,31H,1,7,9,12,15,17-24H2,3-4H3/t26?,27-,31?/m0/s1. The zero-order valence-corrected chi connectivity index (χ0v) is 26.0. The first kappa shape index (κ1) is 29.9. The van der Waals surface area contributed by atoms with Gasteiger partial charge in [-0.05, 0) is 50.9 Å². The lowest BCUT2D eigenvalue weighted by atomic mass is 9.84. The fourth-order valence-electron chi connectivity index (χ4n) is 7.36. The molecule has 230 valence electrons. The number of amides is 1. The molecule has 1 saturated heterocycles. The third kappa shape index (κ3) is 6.09. The molecule has 2 fully saturated rings. The van der Waals surface area contributed by atoms with Gasteiger partial charge in [-0.2, -0.15) is 9.97 Å². The number of nitrogens with zero attached hydrogens (tertiary/aromatic N) is 7. The van der Waals surface area contributed by atoms with Crippen LogP contribution in [0.2, 0.25) is 0 Å². The first-order valence-corrected chi connectivity index (χ1v) is 15.9. The average molecular weight is 594 g/mol. The molecule has 0 N–H and O–H groups in total. The van der Waals surface area contributed by atoms with E-state index in [2.05, 4.69) is 82.7 Å². The van der Waals surface area contributed by atoms with Crippen molar-refractivity contribution in [3.63, 3.8) is 0 Å². The Labute approximate surface area is 260 Å². The lowest BCUT2D eigenvalue weighted by molar-refractivity contribution is -0.128. The Morgan fingerprint density at radius 1 is 1.09 bits per heavy atom. The maximum absolute atomic E-state index is 12.6. The first-order valence-electron chi connectivity index (χ1n) is 15.9. The van der Waals surface area contributed by atoms with Gasteiger partial charge < -0.3 is 29.2 Å². The molecule has 3 heterocycles. The van der Waals surface area contributed by atoms with Crippen molar-refractivity contribution in [3.05, 3.63) is 77.8 Å². The number of aromatic nitrogens is 2. The Morgan fingerprint density at radius 3 is 2.73 bits per heavy atom. The highest BCUT2D eigenvalue weighted by Gasteiger charge is 2.35. The number of rotatable bonds is 8. The van der Waals surface area contributed by atoms with E-state index in [1.807, 2.05) is 0 Å². The molecule has 2 unspecified atom stereocenters. The molecule has 9 heteroatoms.